The maximum atomic E-state index is 13.9. The molecule has 112 valence electrons. The number of alkyl halides is 3. The zero-order chi connectivity index (χ0) is 15.6. The zero-order valence-corrected chi connectivity index (χ0v) is 12.6. The minimum atomic E-state index is -4.38. The van der Waals surface area contributed by atoms with Crippen LogP contribution in [0.1, 0.15) is 22.7 Å². The van der Waals surface area contributed by atoms with Crippen molar-refractivity contribution in [2.24, 2.45) is 0 Å². The van der Waals surface area contributed by atoms with Gasteiger partial charge in [-0.2, -0.15) is 13.2 Å². The molecule has 0 spiro atoms. The molecule has 1 N–H and O–H groups in total. The van der Waals surface area contributed by atoms with E-state index in [0.29, 0.717) is 15.6 Å². The number of rotatable bonds is 3. The monoisotopic (exact) mass is 361 g/mol. The smallest absolute Gasteiger partial charge is 0.309 e. The molecule has 1 unspecified atom stereocenters. The molecule has 0 bridgehead atoms. The van der Waals surface area contributed by atoms with Crippen LogP contribution in [-0.2, 0) is 6.18 Å². The van der Waals surface area contributed by atoms with E-state index in [2.05, 4.69) is 21.2 Å². The summed E-state index contributed by atoms with van der Waals surface area (Å²) in [5.74, 6) is -0.419. The molecule has 0 radical (unpaired) electrons. The van der Waals surface area contributed by atoms with Crippen molar-refractivity contribution in [1.29, 1.82) is 0 Å². The van der Waals surface area contributed by atoms with Gasteiger partial charge in [-0.05, 0) is 42.9 Å². The molecule has 0 heterocycles. The van der Waals surface area contributed by atoms with Gasteiger partial charge in [0, 0.05) is 10.0 Å². The van der Waals surface area contributed by atoms with Gasteiger partial charge in [-0.15, -0.1) is 0 Å². The summed E-state index contributed by atoms with van der Waals surface area (Å²) in [6.45, 7) is 0. The molecule has 0 aromatic heterocycles. The highest BCUT2D eigenvalue weighted by Gasteiger charge is 2.30. The minimum absolute atomic E-state index is 0.367. The van der Waals surface area contributed by atoms with Gasteiger partial charge < -0.3 is 5.32 Å². The van der Waals surface area contributed by atoms with Gasteiger partial charge in [-0.25, -0.2) is 4.39 Å². The molecule has 0 aliphatic carbocycles. The van der Waals surface area contributed by atoms with Crippen molar-refractivity contribution in [3.05, 3.63) is 69.4 Å². The summed E-state index contributed by atoms with van der Waals surface area (Å²) in [6, 6.07) is 8.66. The zero-order valence-electron chi connectivity index (χ0n) is 11.0. The Bertz CT molecular complexity index is 623. The van der Waals surface area contributed by atoms with Gasteiger partial charge >= 0.3 is 6.18 Å². The van der Waals surface area contributed by atoms with Crippen LogP contribution in [0.15, 0.2) is 46.9 Å². The first-order chi connectivity index (χ1) is 9.82. The van der Waals surface area contributed by atoms with Crippen LogP contribution in [0.5, 0.6) is 0 Å². The van der Waals surface area contributed by atoms with Crippen LogP contribution in [0.2, 0.25) is 0 Å². The number of halogens is 5. The van der Waals surface area contributed by atoms with Gasteiger partial charge in [0.1, 0.15) is 5.82 Å². The van der Waals surface area contributed by atoms with Gasteiger partial charge in [-0.3, -0.25) is 0 Å². The van der Waals surface area contributed by atoms with Gasteiger partial charge in [0.15, 0.2) is 0 Å². The van der Waals surface area contributed by atoms with Crippen molar-refractivity contribution in [1.82, 2.24) is 5.32 Å². The second-order valence-electron chi connectivity index (χ2n) is 4.51. The quantitative estimate of drug-likeness (QED) is 0.765. The first-order valence-electron chi connectivity index (χ1n) is 6.12. The minimum Gasteiger partial charge on any atom is -0.309 e. The Morgan fingerprint density at radius 1 is 1.05 bits per heavy atom. The highest BCUT2D eigenvalue weighted by Crippen LogP contribution is 2.32. The van der Waals surface area contributed by atoms with E-state index < -0.39 is 23.6 Å². The molecule has 2 rings (SSSR count). The summed E-state index contributed by atoms with van der Waals surface area (Å²) in [4.78, 5) is 0. The van der Waals surface area contributed by atoms with Crippen molar-refractivity contribution in [3.8, 4) is 0 Å². The standard InChI is InChI=1S/C15H12BrF4N/c1-21-14(12-8-11(16)6-7-13(12)17)9-2-4-10(5-3-9)15(18,19)20/h2-8,14,21H,1H3. The van der Waals surface area contributed by atoms with E-state index in [1.807, 2.05) is 0 Å². The number of hydrogen-bond donors (Lipinski definition) is 1. The SMILES string of the molecule is CNC(c1ccc(C(F)(F)F)cc1)c1cc(Br)ccc1F. The maximum Gasteiger partial charge on any atom is 0.416 e. The summed E-state index contributed by atoms with van der Waals surface area (Å²) in [5.41, 5.74) is 0.199. The summed E-state index contributed by atoms with van der Waals surface area (Å²) in [7, 11) is 1.63. The van der Waals surface area contributed by atoms with E-state index in [4.69, 9.17) is 0 Å². The average molecular weight is 362 g/mol. The molecular formula is C15H12BrF4N. The molecule has 21 heavy (non-hydrogen) atoms. The third-order valence-electron chi connectivity index (χ3n) is 3.13. The lowest BCUT2D eigenvalue weighted by atomic mass is 9.97. The molecule has 0 aliphatic rings. The maximum absolute atomic E-state index is 13.9. The lowest BCUT2D eigenvalue weighted by Crippen LogP contribution is -2.19. The van der Waals surface area contributed by atoms with Gasteiger partial charge in [0.05, 0.1) is 11.6 Å². The molecule has 6 heteroatoms. The average Bonchev–Trinajstić information content (AvgIpc) is 2.43. The Morgan fingerprint density at radius 3 is 2.19 bits per heavy atom. The van der Waals surface area contributed by atoms with E-state index in [9.17, 15) is 17.6 Å². The summed E-state index contributed by atoms with van der Waals surface area (Å²) in [6.07, 6.45) is -4.38. The normalized spacial score (nSPS) is 13.2. The van der Waals surface area contributed by atoms with Crippen molar-refractivity contribution in [2.45, 2.75) is 12.2 Å². The van der Waals surface area contributed by atoms with Crippen LogP contribution in [0, 0.1) is 5.82 Å². The molecule has 0 saturated carbocycles. The number of hydrogen-bond acceptors (Lipinski definition) is 1. The molecule has 1 nitrogen and oxygen atoms in total. The fraction of sp³-hybridized carbons (Fsp3) is 0.200. The Morgan fingerprint density at radius 2 is 1.67 bits per heavy atom. The van der Waals surface area contributed by atoms with Crippen LogP contribution in [0.25, 0.3) is 0 Å². The van der Waals surface area contributed by atoms with Gasteiger partial charge in [-0.1, -0.05) is 28.1 Å². The van der Waals surface area contributed by atoms with E-state index in [-0.39, 0.29) is 0 Å². The van der Waals surface area contributed by atoms with E-state index in [1.54, 1.807) is 19.2 Å². The Hall–Kier alpha value is -1.40. The predicted octanol–water partition coefficient (Wildman–Crippen LogP) is 4.92. The van der Waals surface area contributed by atoms with Gasteiger partial charge in [0.25, 0.3) is 0 Å². The predicted molar refractivity (Wildman–Crippen MR) is 76.4 cm³/mol. The second kappa shape index (κ2) is 6.15. The number of nitrogens with one attached hydrogen (secondary N) is 1. The van der Waals surface area contributed by atoms with Crippen LogP contribution in [0.4, 0.5) is 17.6 Å². The van der Waals surface area contributed by atoms with Crippen molar-refractivity contribution in [2.75, 3.05) is 7.05 Å². The highest BCUT2D eigenvalue weighted by molar-refractivity contribution is 9.10. The fourth-order valence-corrected chi connectivity index (χ4v) is 2.48. The molecule has 1 atom stereocenters. The second-order valence-corrected chi connectivity index (χ2v) is 5.42. The molecule has 0 amide bonds. The Labute approximate surface area is 128 Å². The molecule has 0 fully saturated rings. The lowest BCUT2D eigenvalue weighted by molar-refractivity contribution is -0.137. The van der Waals surface area contributed by atoms with Crippen molar-refractivity contribution in [3.63, 3.8) is 0 Å². The third-order valence-corrected chi connectivity index (χ3v) is 3.62. The molecular weight excluding hydrogens is 350 g/mol. The highest BCUT2D eigenvalue weighted by atomic mass is 79.9. The van der Waals surface area contributed by atoms with Gasteiger partial charge in [0.2, 0.25) is 0 Å². The topological polar surface area (TPSA) is 12.0 Å². The summed E-state index contributed by atoms with van der Waals surface area (Å²) >= 11 is 3.26. The van der Waals surface area contributed by atoms with Crippen molar-refractivity contribution < 1.29 is 17.6 Å². The van der Waals surface area contributed by atoms with Crippen LogP contribution >= 0.6 is 15.9 Å². The van der Waals surface area contributed by atoms with Crippen LogP contribution in [-0.4, -0.2) is 7.05 Å². The summed E-state index contributed by atoms with van der Waals surface area (Å²) in [5, 5.41) is 2.92. The van der Waals surface area contributed by atoms with E-state index in [0.717, 1.165) is 12.1 Å². The van der Waals surface area contributed by atoms with Crippen LogP contribution < -0.4 is 5.32 Å². The first-order valence-corrected chi connectivity index (χ1v) is 6.91. The molecule has 2 aromatic rings. The molecule has 2 aromatic carbocycles. The van der Waals surface area contributed by atoms with E-state index in [1.165, 1.54) is 18.2 Å². The lowest BCUT2D eigenvalue weighted by Gasteiger charge is -2.19. The van der Waals surface area contributed by atoms with E-state index >= 15 is 0 Å². The Balaban J connectivity index is 2.40. The number of benzene rings is 2. The van der Waals surface area contributed by atoms with Crippen LogP contribution in [0.3, 0.4) is 0 Å². The molecule has 0 aliphatic heterocycles. The fourth-order valence-electron chi connectivity index (χ4n) is 2.10. The third kappa shape index (κ3) is 3.63. The summed E-state index contributed by atoms with van der Waals surface area (Å²) < 4.78 is 52.3. The molecule has 0 saturated heterocycles. The Kier molecular flexibility index (Phi) is 4.68. The van der Waals surface area contributed by atoms with Crippen molar-refractivity contribution >= 4 is 15.9 Å². The largest absolute Gasteiger partial charge is 0.416 e. The first kappa shape index (κ1) is 16.0.